The van der Waals surface area contributed by atoms with Gasteiger partial charge in [-0.2, -0.15) is 0 Å². The number of carbonyl (C=O) groups is 1. The van der Waals surface area contributed by atoms with Crippen molar-refractivity contribution < 1.29 is 9.53 Å². The first kappa shape index (κ1) is 18.4. The Hall–Kier alpha value is -3.41. The van der Waals surface area contributed by atoms with Crippen molar-refractivity contribution in [1.82, 2.24) is 15.3 Å². The number of amides is 1. The first-order valence-corrected chi connectivity index (χ1v) is 8.73. The molecule has 0 aliphatic rings. The van der Waals surface area contributed by atoms with E-state index < -0.39 is 0 Å². The number of carbonyl (C=O) groups excluding carboxylic acids is 1. The van der Waals surface area contributed by atoms with Crippen molar-refractivity contribution in [2.24, 2.45) is 0 Å². The molecule has 3 rings (SSSR count). The van der Waals surface area contributed by atoms with Gasteiger partial charge in [-0.1, -0.05) is 12.1 Å². The summed E-state index contributed by atoms with van der Waals surface area (Å²) in [5.41, 5.74) is 3.52. The summed E-state index contributed by atoms with van der Waals surface area (Å²) < 4.78 is 5.24. The monoisotopic (exact) mass is 362 g/mol. The van der Waals surface area contributed by atoms with E-state index in [0.717, 1.165) is 30.0 Å². The van der Waals surface area contributed by atoms with Crippen LogP contribution in [0.3, 0.4) is 0 Å². The summed E-state index contributed by atoms with van der Waals surface area (Å²) in [5.74, 6) is 0.692. The lowest BCUT2D eigenvalue weighted by Crippen LogP contribution is -2.23. The highest BCUT2D eigenvalue weighted by Crippen LogP contribution is 2.14. The van der Waals surface area contributed by atoms with Gasteiger partial charge in [0.1, 0.15) is 5.75 Å². The van der Waals surface area contributed by atoms with Gasteiger partial charge < -0.3 is 15.4 Å². The van der Waals surface area contributed by atoms with Crippen LogP contribution in [0, 0.1) is 0 Å². The second-order valence-corrected chi connectivity index (χ2v) is 6.03. The van der Waals surface area contributed by atoms with E-state index in [1.165, 1.54) is 5.56 Å². The second-order valence-electron chi connectivity index (χ2n) is 6.03. The highest BCUT2D eigenvalue weighted by atomic mass is 16.5. The molecule has 138 valence electrons. The smallest absolute Gasteiger partial charge is 0.253 e. The normalized spacial score (nSPS) is 10.3. The number of methoxy groups -OCH3 is 1. The van der Waals surface area contributed by atoms with Crippen LogP contribution in [0.4, 0.5) is 5.69 Å². The molecule has 0 radical (unpaired) electrons. The number of anilines is 1. The fraction of sp³-hybridized carbons (Fsp3) is 0.190. The van der Waals surface area contributed by atoms with Crippen molar-refractivity contribution in [2.75, 3.05) is 19.0 Å². The predicted molar refractivity (Wildman–Crippen MR) is 105 cm³/mol. The molecule has 0 saturated heterocycles. The molecule has 2 aromatic heterocycles. The molecule has 2 N–H and O–H groups in total. The number of aromatic nitrogens is 2. The Labute approximate surface area is 158 Å². The third-order valence-corrected chi connectivity index (χ3v) is 4.08. The molecule has 0 spiro atoms. The highest BCUT2D eigenvalue weighted by molar-refractivity contribution is 5.94. The van der Waals surface area contributed by atoms with Crippen molar-refractivity contribution in [3.05, 3.63) is 83.9 Å². The molecule has 0 bridgehead atoms. The van der Waals surface area contributed by atoms with Crippen molar-refractivity contribution in [2.45, 2.75) is 13.0 Å². The minimum Gasteiger partial charge on any atom is -0.497 e. The Morgan fingerprint density at radius 1 is 1.04 bits per heavy atom. The maximum Gasteiger partial charge on any atom is 0.253 e. The van der Waals surface area contributed by atoms with Gasteiger partial charge in [-0.05, 0) is 47.9 Å². The van der Waals surface area contributed by atoms with Crippen LogP contribution < -0.4 is 15.4 Å². The Balaban J connectivity index is 1.52. The topological polar surface area (TPSA) is 76.1 Å². The molecular formula is C21H22N4O2. The summed E-state index contributed by atoms with van der Waals surface area (Å²) in [5, 5.41) is 6.20. The lowest BCUT2D eigenvalue weighted by molar-refractivity contribution is 0.0950. The van der Waals surface area contributed by atoms with E-state index in [1.54, 1.807) is 38.0 Å². The maximum atomic E-state index is 12.3. The van der Waals surface area contributed by atoms with Gasteiger partial charge in [0.25, 0.3) is 5.91 Å². The van der Waals surface area contributed by atoms with Crippen LogP contribution in [0.25, 0.3) is 0 Å². The number of hydrogen-bond acceptors (Lipinski definition) is 5. The Kier molecular flexibility index (Phi) is 6.35. The van der Waals surface area contributed by atoms with Gasteiger partial charge >= 0.3 is 0 Å². The number of nitrogens with zero attached hydrogens (tertiary/aromatic N) is 2. The van der Waals surface area contributed by atoms with Gasteiger partial charge in [0, 0.05) is 37.9 Å². The number of hydrogen-bond donors (Lipinski definition) is 2. The molecule has 27 heavy (non-hydrogen) atoms. The Morgan fingerprint density at radius 2 is 1.89 bits per heavy atom. The molecule has 0 aliphatic heterocycles. The zero-order valence-electron chi connectivity index (χ0n) is 15.2. The van der Waals surface area contributed by atoms with Crippen LogP contribution in [0.2, 0.25) is 0 Å². The zero-order chi connectivity index (χ0) is 18.9. The van der Waals surface area contributed by atoms with Crippen LogP contribution in [-0.4, -0.2) is 29.5 Å². The molecule has 0 atom stereocenters. The standard InChI is InChI=1S/C21H22N4O2/c1-27-20-4-2-3-16(11-20)7-10-24-19-12-18(14-23-15-19)21(26)25-13-17-5-8-22-9-6-17/h2-6,8-9,11-12,14-15,24H,7,10,13H2,1H3,(H,25,26). The zero-order valence-corrected chi connectivity index (χ0v) is 15.2. The number of benzene rings is 1. The molecule has 2 heterocycles. The second kappa shape index (κ2) is 9.33. The first-order valence-electron chi connectivity index (χ1n) is 8.73. The quantitative estimate of drug-likeness (QED) is 0.644. The lowest BCUT2D eigenvalue weighted by atomic mass is 10.1. The maximum absolute atomic E-state index is 12.3. The van der Waals surface area contributed by atoms with Gasteiger partial charge in [-0.15, -0.1) is 0 Å². The molecule has 6 nitrogen and oxygen atoms in total. The summed E-state index contributed by atoms with van der Waals surface area (Å²) in [6.45, 7) is 1.19. The first-order chi connectivity index (χ1) is 13.2. The average Bonchev–Trinajstić information content (AvgIpc) is 2.73. The Bertz CT molecular complexity index is 884. The van der Waals surface area contributed by atoms with E-state index in [4.69, 9.17) is 4.74 Å². The van der Waals surface area contributed by atoms with Crippen LogP contribution >= 0.6 is 0 Å². The van der Waals surface area contributed by atoms with Crippen molar-refractivity contribution in [1.29, 1.82) is 0 Å². The predicted octanol–water partition coefficient (Wildman–Crippen LogP) is 3.07. The van der Waals surface area contributed by atoms with Crippen LogP contribution in [0.5, 0.6) is 5.75 Å². The summed E-state index contributed by atoms with van der Waals surface area (Å²) in [4.78, 5) is 20.5. The number of ether oxygens (including phenoxy) is 1. The summed E-state index contributed by atoms with van der Waals surface area (Å²) >= 11 is 0. The van der Waals surface area contributed by atoms with Gasteiger partial charge in [0.2, 0.25) is 0 Å². The van der Waals surface area contributed by atoms with Gasteiger partial charge in [0.15, 0.2) is 0 Å². The van der Waals surface area contributed by atoms with E-state index in [1.807, 2.05) is 30.3 Å². The van der Waals surface area contributed by atoms with Gasteiger partial charge in [0.05, 0.1) is 18.4 Å². The minimum atomic E-state index is -0.157. The summed E-state index contributed by atoms with van der Waals surface area (Å²) in [6, 6.07) is 13.5. The molecule has 1 aromatic carbocycles. The largest absolute Gasteiger partial charge is 0.497 e. The van der Waals surface area contributed by atoms with Crippen molar-refractivity contribution in [3.63, 3.8) is 0 Å². The fourth-order valence-corrected chi connectivity index (χ4v) is 2.62. The number of rotatable bonds is 8. The third kappa shape index (κ3) is 5.54. The van der Waals surface area contributed by atoms with E-state index in [-0.39, 0.29) is 5.91 Å². The lowest BCUT2D eigenvalue weighted by Gasteiger charge is -2.09. The average molecular weight is 362 g/mol. The van der Waals surface area contributed by atoms with Crippen molar-refractivity contribution >= 4 is 11.6 Å². The molecule has 3 aromatic rings. The van der Waals surface area contributed by atoms with Crippen molar-refractivity contribution in [3.8, 4) is 5.75 Å². The molecule has 0 aliphatic carbocycles. The van der Waals surface area contributed by atoms with Gasteiger partial charge in [-0.3, -0.25) is 14.8 Å². The van der Waals surface area contributed by atoms with Crippen LogP contribution in [0.15, 0.2) is 67.3 Å². The van der Waals surface area contributed by atoms with Crippen LogP contribution in [0.1, 0.15) is 21.5 Å². The Morgan fingerprint density at radius 3 is 2.70 bits per heavy atom. The van der Waals surface area contributed by atoms with E-state index in [0.29, 0.717) is 12.1 Å². The molecule has 0 unspecified atom stereocenters. The molecule has 6 heteroatoms. The minimum absolute atomic E-state index is 0.157. The van der Waals surface area contributed by atoms with E-state index in [2.05, 4.69) is 26.7 Å². The van der Waals surface area contributed by atoms with E-state index in [9.17, 15) is 4.79 Å². The SMILES string of the molecule is COc1cccc(CCNc2cncc(C(=O)NCc3ccncc3)c2)c1. The molecule has 1 amide bonds. The number of pyridine rings is 2. The van der Waals surface area contributed by atoms with E-state index >= 15 is 0 Å². The molecule has 0 saturated carbocycles. The van der Waals surface area contributed by atoms with Gasteiger partial charge in [-0.25, -0.2) is 0 Å². The summed E-state index contributed by atoms with van der Waals surface area (Å²) in [6.07, 6.45) is 7.53. The molecule has 0 fully saturated rings. The van der Waals surface area contributed by atoms with Crippen LogP contribution in [-0.2, 0) is 13.0 Å². The molecular weight excluding hydrogens is 340 g/mol. The highest BCUT2D eigenvalue weighted by Gasteiger charge is 2.07. The third-order valence-electron chi connectivity index (χ3n) is 4.08. The fourth-order valence-electron chi connectivity index (χ4n) is 2.62. The summed E-state index contributed by atoms with van der Waals surface area (Å²) in [7, 11) is 1.66. The number of nitrogens with one attached hydrogen (secondary N) is 2.